The van der Waals surface area contributed by atoms with Crippen LogP contribution in [0.15, 0.2) is 53.4 Å². The molecule has 8 heteroatoms. The molecule has 0 aliphatic carbocycles. The van der Waals surface area contributed by atoms with Crippen LogP contribution in [0.1, 0.15) is 38.2 Å². The molecular formula is C24H32N2O5S. The van der Waals surface area contributed by atoms with Gasteiger partial charge in [-0.25, -0.2) is 8.42 Å². The maximum atomic E-state index is 12.7. The number of amides is 1. The van der Waals surface area contributed by atoms with E-state index < -0.39 is 16.1 Å². The Balaban J connectivity index is 1.45. The van der Waals surface area contributed by atoms with Crippen LogP contribution in [0.3, 0.4) is 0 Å². The van der Waals surface area contributed by atoms with E-state index in [1.165, 1.54) is 0 Å². The number of hydrogen-bond donors (Lipinski definition) is 1. The number of piperidine rings is 1. The SMILES string of the molecule is CC[C@H](Oc1ccccc1C)C(=O)NCCOc1ccc(S(=O)(=O)N2CCCCC2)cc1. The monoisotopic (exact) mass is 460 g/mol. The van der Waals surface area contributed by atoms with Gasteiger partial charge in [-0.3, -0.25) is 4.79 Å². The van der Waals surface area contributed by atoms with Crippen molar-refractivity contribution in [2.45, 2.75) is 50.5 Å². The fourth-order valence-electron chi connectivity index (χ4n) is 3.58. The minimum absolute atomic E-state index is 0.192. The minimum atomic E-state index is -3.45. The molecule has 0 aromatic heterocycles. The summed E-state index contributed by atoms with van der Waals surface area (Å²) in [6.45, 7) is 5.58. The highest BCUT2D eigenvalue weighted by Crippen LogP contribution is 2.23. The van der Waals surface area contributed by atoms with Gasteiger partial charge in [0, 0.05) is 13.1 Å². The topological polar surface area (TPSA) is 84.9 Å². The third-order valence-corrected chi connectivity index (χ3v) is 7.39. The third kappa shape index (κ3) is 6.23. The number of nitrogens with zero attached hydrogens (tertiary/aromatic N) is 1. The largest absolute Gasteiger partial charge is 0.492 e. The zero-order chi connectivity index (χ0) is 23.0. The van der Waals surface area contributed by atoms with Gasteiger partial charge in [-0.15, -0.1) is 0 Å². The number of aryl methyl sites for hydroxylation is 1. The average Bonchev–Trinajstić information content (AvgIpc) is 2.82. The van der Waals surface area contributed by atoms with Crippen molar-refractivity contribution in [2.24, 2.45) is 0 Å². The molecule has 7 nitrogen and oxygen atoms in total. The molecule has 0 bridgehead atoms. The van der Waals surface area contributed by atoms with Gasteiger partial charge >= 0.3 is 0 Å². The van der Waals surface area contributed by atoms with Crippen LogP contribution in [-0.2, 0) is 14.8 Å². The smallest absolute Gasteiger partial charge is 0.261 e. The maximum absolute atomic E-state index is 12.7. The first kappa shape index (κ1) is 24.1. The number of hydrogen-bond acceptors (Lipinski definition) is 5. The summed E-state index contributed by atoms with van der Waals surface area (Å²) in [5, 5.41) is 2.83. The Morgan fingerprint density at radius 2 is 1.75 bits per heavy atom. The number of para-hydroxylation sites is 1. The summed E-state index contributed by atoms with van der Waals surface area (Å²) in [5.41, 5.74) is 0.979. The molecule has 0 spiro atoms. The van der Waals surface area contributed by atoms with E-state index in [1.54, 1.807) is 28.6 Å². The minimum Gasteiger partial charge on any atom is -0.492 e. The van der Waals surface area contributed by atoms with Gasteiger partial charge in [-0.2, -0.15) is 4.31 Å². The van der Waals surface area contributed by atoms with Gasteiger partial charge in [0.15, 0.2) is 6.10 Å². The average molecular weight is 461 g/mol. The number of ether oxygens (including phenoxy) is 2. The highest BCUT2D eigenvalue weighted by atomic mass is 32.2. The lowest BCUT2D eigenvalue weighted by atomic mass is 10.2. The van der Waals surface area contributed by atoms with E-state index in [0.29, 0.717) is 37.6 Å². The summed E-state index contributed by atoms with van der Waals surface area (Å²) in [4.78, 5) is 12.7. The Morgan fingerprint density at radius 3 is 2.41 bits per heavy atom. The molecule has 1 atom stereocenters. The van der Waals surface area contributed by atoms with Gasteiger partial charge in [0.2, 0.25) is 10.0 Å². The van der Waals surface area contributed by atoms with Gasteiger partial charge in [0.25, 0.3) is 5.91 Å². The predicted octanol–water partition coefficient (Wildman–Crippen LogP) is 3.52. The van der Waals surface area contributed by atoms with Crippen molar-refractivity contribution < 1.29 is 22.7 Å². The maximum Gasteiger partial charge on any atom is 0.261 e. The van der Waals surface area contributed by atoms with Crippen molar-refractivity contribution in [3.05, 3.63) is 54.1 Å². The molecule has 0 saturated carbocycles. The normalized spacial score (nSPS) is 15.7. The number of nitrogens with one attached hydrogen (secondary N) is 1. The summed E-state index contributed by atoms with van der Waals surface area (Å²) in [6.07, 6.45) is 2.86. The first-order valence-corrected chi connectivity index (χ1v) is 12.6. The van der Waals surface area contributed by atoms with E-state index in [0.717, 1.165) is 24.8 Å². The molecular weight excluding hydrogens is 428 g/mol. The van der Waals surface area contributed by atoms with Gasteiger partial charge < -0.3 is 14.8 Å². The quantitative estimate of drug-likeness (QED) is 0.549. The summed E-state index contributed by atoms with van der Waals surface area (Å²) < 4.78 is 38.5. The van der Waals surface area contributed by atoms with Crippen LogP contribution in [0.4, 0.5) is 0 Å². The van der Waals surface area contributed by atoms with Gasteiger partial charge in [-0.1, -0.05) is 31.5 Å². The molecule has 32 heavy (non-hydrogen) atoms. The molecule has 1 aliphatic rings. The third-order valence-electron chi connectivity index (χ3n) is 5.47. The molecule has 2 aromatic rings. The van der Waals surface area contributed by atoms with E-state index in [9.17, 15) is 13.2 Å². The molecule has 1 fully saturated rings. The second kappa shape index (κ2) is 11.3. The van der Waals surface area contributed by atoms with E-state index in [-0.39, 0.29) is 17.4 Å². The molecule has 1 aliphatic heterocycles. The van der Waals surface area contributed by atoms with Gasteiger partial charge in [0.1, 0.15) is 18.1 Å². The number of sulfonamides is 1. The Bertz CT molecular complexity index is 986. The number of carbonyl (C=O) groups excluding carboxylic acids is 1. The van der Waals surface area contributed by atoms with E-state index in [2.05, 4.69) is 5.32 Å². The van der Waals surface area contributed by atoms with Crippen molar-refractivity contribution in [3.8, 4) is 11.5 Å². The highest BCUT2D eigenvalue weighted by molar-refractivity contribution is 7.89. The molecule has 2 aromatic carbocycles. The Kier molecular flexibility index (Phi) is 8.53. The molecule has 0 radical (unpaired) electrons. The number of benzene rings is 2. The van der Waals surface area contributed by atoms with Crippen molar-refractivity contribution in [3.63, 3.8) is 0 Å². The molecule has 174 valence electrons. The fourth-order valence-corrected chi connectivity index (χ4v) is 5.10. The lowest BCUT2D eigenvalue weighted by molar-refractivity contribution is -0.128. The zero-order valence-electron chi connectivity index (χ0n) is 18.7. The van der Waals surface area contributed by atoms with Crippen molar-refractivity contribution in [2.75, 3.05) is 26.2 Å². The van der Waals surface area contributed by atoms with Gasteiger partial charge in [-0.05, 0) is 62.1 Å². The van der Waals surface area contributed by atoms with Crippen molar-refractivity contribution in [1.82, 2.24) is 9.62 Å². The molecule has 1 heterocycles. The fraction of sp³-hybridized carbons (Fsp3) is 0.458. The molecule has 0 unspecified atom stereocenters. The molecule has 1 N–H and O–H groups in total. The first-order chi connectivity index (χ1) is 15.4. The second-order valence-corrected chi connectivity index (χ2v) is 9.79. The molecule has 3 rings (SSSR count). The molecule has 1 amide bonds. The summed E-state index contributed by atoms with van der Waals surface area (Å²) in [5.74, 6) is 1.06. The van der Waals surface area contributed by atoms with Crippen LogP contribution in [0, 0.1) is 6.92 Å². The van der Waals surface area contributed by atoms with E-state index in [1.807, 2.05) is 38.1 Å². The van der Waals surface area contributed by atoms with E-state index in [4.69, 9.17) is 9.47 Å². The predicted molar refractivity (Wildman–Crippen MR) is 123 cm³/mol. The Hall–Kier alpha value is -2.58. The standard InChI is InChI=1S/C24H32N2O5S/c1-3-22(31-23-10-6-5-9-19(23)2)24(27)25-15-18-30-20-11-13-21(14-12-20)32(28,29)26-16-7-4-8-17-26/h5-6,9-14,22H,3-4,7-8,15-18H2,1-2H3,(H,25,27)/t22-/m0/s1. The Labute approximate surface area is 190 Å². The van der Waals surface area contributed by atoms with Crippen molar-refractivity contribution in [1.29, 1.82) is 0 Å². The summed E-state index contributed by atoms with van der Waals surface area (Å²) in [6, 6.07) is 14.0. The van der Waals surface area contributed by atoms with Gasteiger partial charge in [0.05, 0.1) is 11.4 Å². The summed E-state index contributed by atoms with van der Waals surface area (Å²) in [7, 11) is -3.45. The first-order valence-electron chi connectivity index (χ1n) is 11.1. The van der Waals surface area contributed by atoms with Crippen LogP contribution in [0.25, 0.3) is 0 Å². The van der Waals surface area contributed by atoms with Crippen LogP contribution < -0.4 is 14.8 Å². The molecule has 1 saturated heterocycles. The zero-order valence-corrected chi connectivity index (χ0v) is 19.6. The second-order valence-electron chi connectivity index (χ2n) is 7.86. The van der Waals surface area contributed by atoms with E-state index >= 15 is 0 Å². The van der Waals surface area contributed by atoms with Crippen LogP contribution in [0.2, 0.25) is 0 Å². The van der Waals surface area contributed by atoms with Crippen molar-refractivity contribution >= 4 is 15.9 Å². The lowest BCUT2D eigenvalue weighted by Gasteiger charge is -2.25. The lowest BCUT2D eigenvalue weighted by Crippen LogP contribution is -2.39. The van der Waals surface area contributed by atoms with Crippen LogP contribution in [-0.4, -0.2) is 51.0 Å². The van der Waals surface area contributed by atoms with Crippen LogP contribution >= 0.6 is 0 Å². The summed E-state index contributed by atoms with van der Waals surface area (Å²) >= 11 is 0. The van der Waals surface area contributed by atoms with Crippen LogP contribution in [0.5, 0.6) is 11.5 Å². The number of carbonyl (C=O) groups is 1. The number of rotatable bonds is 10. The Morgan fingerprint density at radius 1 is 1.06 bits per heavy atom. The highest BCUT2D eigenvalue weighted by Gasteiger charge is 2.25.